The maximum absolute atomic E-state index is 12.7. The molecule has 0 saturated heterocycles. The van der Waals surface area contributed by atoms with Gasteiger partial charge in [0, 0.05) is 30.7 Å². The van der Waals surface area contributed by atoms with Gasteiger partial charge in [-0.25, -0.2) is 0 Å². The van der Waals surface area contributed by atoms with E-state index in [9.17, 15) is 4.79 Å². The van der Waals surface area contributed by atoms with Crippen molar-refractivity contribution in [3.05, 3.63) is 72.9 Å². The van der Waals surface area contributed by atoms with Crippen molar-refractivity contribution in [3.63, 3.8) is 0 Å². The molecule has 0 spiro atoms. The predicted molar refractivity (Wildman–Crippen MR) is 140 cm³/mol. The van der Waals surface area contributed by atoms with Crippen LogP contribution in [0.15, 0.2) is 78.1 Å². The van der Waals surface area contributed by atoms with Crippen LogP contribution in [-0.4, -0.2) is 51.6 Å². The van der Waals surface area contributed by atoms with Crippen LogP contribution in [0.5, 0.6) is 5.75 Å². The highest BCUT2D eigenvalue weighted by molar-refractivity contribution is 7.99. The number of carbonyl (C=O) groups is 1. The second-order valence-electron chi connectivity index (χ2n) is 7.61. The van der Waals surface area contributed by atoms with Crippen LogP contribution in [0.25, 0.3) is 17.2 Å². The Kier molecular flexibility index (Phi) is 7.99. The van der Waals surface area contributed by atoms with Crippen LogP contribution in [0, 0.1) is 0 Å². The third-order valence-corrected chi connectivity index (χ3v) is 6.40. The molecule has 1 N–H and O–H groups in total. The summed E-state index contributed by atoms with van der Waals surface area (Å²) >= 11 is 1.32. The van der Waals surface area contributed by atoms with Crippen LogP contribution in [-0.2, 0) is 4.79 Å². The zero-order valence-electron chi connectivity index (χ0n) is 20.0. The van der Waals surface area contributed by atoms with Gasteiger partial charge in [0.2, 0.25) is 5.91 Å². The van der Waals surface area contributed by atoms with Crippen molar-refractivity contribution < 1.29 is 9.53 Å². The number of nitrogens with one attached hydrogen (secondary N) is 1. The van der Waals surface area contributed by atoms with Crippen molar-refractivity contribution in [1.82, 2.24) is 19.7 Å². The van der Waals surface area contributed by atoms with Crippen molar-refractivity contribution in [1.29, 1.82) is 0 Å². The van der Waals surface area contributed by atoms with E-state index >= 15 is 0 Å². The molecule has 9 heteroatoms. The topological polar surface area (TPSA) is 85.2 Å². The molecular formula is C26H28N6O2S. The standard InChI is InChI=1S/C26H28N6O2S/c1-4-31(5-2)20-11-9-19(10-12-20)28-24(33)18-35-26-30-29-25(23-8-6-7-17-27-23)32(26)21-13-15-22(34-3)16-14-21/h6-17H,4-5,18H2,1-3H3,(H,28,33). The molecule has 0 radical (unpaired) electrons. The molecule has 0 fully saturated rings. The highest BCUT2D eigenvalue weighted by Crippen LogP contribution is 2.28. The first kappa shape index (κ1) is 24.3. The number of hydrogen-bond donors (Lipinski definition) is 1. The molecule has 35 heavy (non-hydrogen) atoms. The number of thioether (sulfide) groups is 1. The second kappa shape index (κ2) is 11.5. The zero-order valence-corrected chi connectivity index (χ0v) is 20.8. The molecule has 0 aliphatic heterocycles. The number of aromatic nitrogens is 4. The van der Waals surface area contributed by atoms with Crippen LogP contribution in [0.4, 0.5) is 11.4 Å². The van der Waals surface area contributed by atoms with E-state index in [1.165, 1.54) is 11.8 Å². The first-order valence-corrected chi connectivity index (χ1v) is 12.4. The van der Waals surface area contributed by atoms with Gasteiger partial charge in [-0.2, -0.15) is 0 Å². The fourth-order valence-corrected chi connectivity index (χ4v) is 4.41. The third kappa shape index (κ3) is 5.81. The Hall–Kier alpha value is -3.85. The fraction of sp³-hybridized carbons (Fsp3) is 0.231. The Labute approximate surface area is 209 Å². The highest BCUT2D eigenvalue weighted by Gasteiger charge is 2.18. The second-order valence-corrected chi connectivity index (χ2v) is 8.55. The summed E-state index contributed by atoms with van der Waals surface area (Å²) in [5, 5.41) is 12.3. The molecule has 0 unspecified atom stereocenters. The minimum Gasteiger partial charge on any atom is -0.497 e. The van der Waals surface area contributed by atoms with Gasteiger partial charge in [0.25, 0.3) is 0 Å². The molecule has 180 valence electrons. The molecule has 4 aromatic rings. The summed E-state index contributed by atoms with van der Waals surface area (Å²) < 4.78 is 7.19. The Morgan fingerprint density at radius 1 is 1.00 bits per heavy atom. The molecule has 2 aromatic heterocycles. The lowest BCUT2D eigenvalue weighted by atomic mass is 10.2. The van der Waals surface area contributed by atoms with E-state index in [4.69, 9.17) is 4.74 Å². The highest BCUT2D eigenvalue weighted by atomic mass is 32.2. The Morgan fingerprint density at radius 3 is 2.37 bits per heavy atom. The average Bonchev–Trinajstić information content (AvgIpc) is 3.34. The number of anilines is 2. The summed E-state index contributed by atoms with van der Waals surface area (Å²) in [5.74, 6) is 1.43. The first-order valence-electron chi connectivity index (χ1n) is 11.4. The van der Waals surface area contributed by atoms with E-state index < -0.39 is 0 Å². The lowest BCUT2D eigenvalue weighted by molar-refractivity contribution is -0.113. The van der Waals surface area contributed by atoms with Crippen molar-refractivity contribution in [3.8, 4) is 23.0 Å². The summed E-state index contributed by atoms with van der Waals surface area (Å²) in [7, 11) is 1.63. The van der Waals surface area contributed by atoms with Crippen LogP contribution in [0.2, 0.25) is 0 Å². The molecule has 2 heterocycles. The molecule has 4 rings (SSSR count). The molecule has 0 bridgehead atoms. The van der Waals surface area contributed by atoms with Crippen LogP contribution >= 0.6 is 11.8 Å². The van der Waals surface area contributed by atoms with Crippen LogP contribution in [0.3, 0.4) is 0 Å². The van der Waals surface area contributed by atoms with Crippen LogP contribution < -0.4 is 15.0 Å². The van der Waals surface area contributed by atoms with Gasteiger partial charge in [-0.05, 0) is 74.5 Å². The maximum atomic E-state index is 12.7. The molecule has 1 amide bonds. The summed E-state index contributed by atoms with van der Waals surface area (Å²) in [6, 6.07) is 21.1. The van der Waals surface area contributed by atoms with E-state index in [-0.39, 0.29) is 11.7 Å². The summed E-state index contributed by atoms with van der Waals surface area (Å²) in [5.41, 5.74) is 3.45. The minimum atomic E-state index is -0.116. The molecule has 0 aliphatic rings. The number of ether oxygens (including phenoxy) is 1. The van der Waals surface area contributed by atoms with E-state index in [0.717, 1.165) is 35.9 Å². The summed E-state index contributed by atoms with van der Waals surface area (Å²) in [6.45, 7) is 6.13. The summed E-state index contributed by atoms with van der Waals surface area (Å²) in [6.07, 6.45) is 1.72. The number of nitrogens with zero attached hydrogens (tertiary/aromatic N) is 5. The van der Waals surface area contributed by atoms with Gasteiger partial charge in [-0.1, -0.05) is 17.8 Å². The number of rotatable bonds is 10. The van der Waals surface area contributed by atoms with Gasteiger partial charge in [-0.15, -0.1) is 10.2 Å². The number of carbonyl (C=O) groups excluding carboxylic acids is 1. The van der Waals surface area contributed by atoms with Gasteiger partial charge in [0.1, 0.15) is 11.4 Å². The lowest BCUT2D eigenvalue weighted by Crippen LogP contribution is -2.21. The smallest absolute Gasteiger partial charge is 0.234 e. The molecular weight excluding hydrogens is 460 g/mol. The van der Waals surface area contributed by atoms with Crippen molar-refractivity contribution in [2.75, 3.05) is 36.2 Å². The minimum absolute atomic E-state index is 0.116. The molecule has 0 aliphatic carbocycles. The van der Waals surface area contributed by atoms with E-state index in [2.05, 4.69) is 39.2 Å². The number of benzene rings is 2. The predicted octanol–water partition coefficient (Wildman–Crippen LogP) is 4.91. The van der Waals surface area contributed by atoms with Gasteiger partial charge < -0.3 is 15.0 Å². The van der Waals surface area contributed by atoms with Gasteiger partial charge in [0.15, 0.2) is 11.0 Å². The number of amides is 1. The average molecular weight is 489 g/mol. The maximum Gasteiger partial charge on any atom is 0.234 e. The van der Waals surface area contributed by atoms with Gasteiger partial charge in [0.05, 0.1) is 18.6 Å². The van der Waals surface area contributed by atoms with Crippen molar-refractivity contribution >= 4 is 29.0 Å². The Balaban J connectivity index is 1.51. The SMILES string of the molecule is CCN(CC)c1ccc(NC(=O)CSc2nnc(-c3ccccn3)n2-c2ccc(OC)cc2)cc1. The first-order chi connectivity index (χ1) is 17.1. The van der Waals surface area contributed by atoms with Crippen molar-refractivity contribution in [2.45, 2.75) is 19.0 Å². The largest absolute Gasteiger partial charge is 0.497 e. The molecule has 0 atom stereocenters. The molecule has 0 saturated carbocycles. The Bertz CT molecular complexity index is 1240. The zero-order chi connectivity index (χ0) is 24.6. The Morgan fingerprint density at radius 2 is 1.74 bits per heavy atom. The third-order valence-electron chi connectivity index (χ3n) is 5.47. The normalized spacial score (nSPS) is 10.7. The molecule has 2 aromatic carbocycles. The van der Waals surface area contributed by atoms with Gasteiger partial charge in [-0.3, -0.25) is 14.3 Å². The summed E-state index contributed by atoms with van der Waals surface area (Å²) in [4.78, 5) is 19.4. The number of pyridine rings is 1. The van der Waals surface area contributed by atoms with E-state index in [1.807, 2.05) is 71.3 Å². The molecule has 8 nitrogen and oxygen atoms in total. The van der Waals surface area contributed by atoms with Gasteiger partial charge >= 0.3 is 0 Å². The number of hydrogen-bond acceptors (Lipinski definition) is 7. The lowest BCUT2D eigenvalue weighted by Gasteiger charge is -2.21. The van der Waals surface area contributed by atoms with Crippen LogP contribution in [0.1, 0.15) is 13.8 Å². The van der Waals surface area contributed by atoms with E-state index in [1.54, 1.807) is 13.3 Å². The monoisotopic (exact) mass is 488 g/mol. The number of methoxy groups -OCH3 is 1. The van der Waals surface area contributed by atoms with Crippen molar-refractivity contribution in [2.24, 2.45) is 0 Å². The fourth-order valence-electron chi connectivity index (χ4n) is 3.66. The van der Waals surface area contributed by atoms with E-state index in [0.29, 0.717) is 16.7 Å². The quantitative estimate of drug-likeness (QED) is 0.317.